The number of hydrogen-bond donors (Lipinski definition) is 1. The largest absolute Gasteiger partial charge is 0.508 e. The van der Waals surface area contributed by atoms with E-state index in [0.29, 0.717) is 22.6 Å². The first-order valence-electron chi connectivity index (χ1n) is 7.78. The number of carbonyl (C=O) groups excluding carboxylic acids is 1. The molecule has 3 aromatic rings. The maximum atomic E-state index is 13.0. The third-order valence-electron chi connectivity index (χ3n) is 4.00. The van der Waals surface area contributed by atoms with E-state index >= 15 is 0 Å². The molecule has 4 heteroatoms. The first kappa shape index (κ1) is 16.6. The lowest BCUT2D eigenvalue weighted by molar-refractivity contribution is 0.103. The van der Waals surface area contributed by atoms with Crippen LogP contribution in [0.1, 0.15) is 15.9 Å². The molecule has 4 nitrogen and oxygen atoms in total. The molecule has 0 aliphatic heterocycles. The standard InChI is InChI=1S/C21H18O4/c1-24-17-9-5-15(6-10-17)21(23)19-12-11-18(25-2)13-20(19)14-3-7-16(22)8-4-14/h3-13,22H,1-2H3. The summed E-state index contributed by atoms with van der Waals surface area (Å²) in [5.41, 5.74) is 2.72. The van der Waals surface area contributed by atoms with Gasteiger partial charge >= 0.3 is 0 Å². The maximum absolute atomic E-state index is 13.0. The maximum Gasteiger partial charge on any atom is 0.193 e. The Kier molecular flexibility index (Phi) is 4.70. The zero-order chi connectivity index (χ0) is 17.8. The number of methoxy groups -OCH3 is 2. The molecule has 0 aliphatic carbocycles. The number of ether oxygens (including phenoxy) is 2. The van der Waals surface area contributed by atoms with Gasteiger partial charge < -0.3 is 14.6 Å². The van der Waals surface area contributed by atoms with Crippen molar-refractivity contribution < 1.29 is 19.4 Å². The summed E-state index contributed by atoms with van der Waals surface area (Å²) in [5, 5.41) is 9.51. The average molecular weight is 334 g/mol. The van der Waals surface area contributed by atoms with Crippen LogP contribution in [-0.4, -0.2) is 25.1 Å². The van der Waals surface area contributed by atoms with Crippen molar-refractivity contribution in [2.24, 2.45) is 0 Å². The lowest BCUT2D eigenvalue weighted by Crippen LogP contribution is -2.04. The molecule has 0 atom stereocenters. The predicted molar refractivity (Wildman–Crippen MR) is 96.5 cm³/mol. The molecular weight excluding hydrogens is 316 g/mol. The quantitative estimate of drug-likeness (QED) is 0.707. The second-order valence-corrected chi connectivity index (χ2v) is 5.52. The van der Waals surface area contributed by atoms with Crippen molar-refractivity contribution >= 4 is 5.78 Å². The van der Waals surface area contributed by atoms with Gasteiger partial charge in [0.1, 0.15) is 17.2 Å². The fourth-order valence-electron chi connectivity index (χ4n) is 2.63. The van der Waals surface area contributed by atoms with Crippen molar-refractivity contribution in [1.29, 1.82) is 0 Å². The molecule has 3 aromatic carbocycles. The average Bonchev–Trinajstić information content (AvgIpc) is 2.67. The van der Waals surface area contributed by atoms with Crippen LogP contribution in [0.5, 0.6) is 17.2 Å². The molecule has 25 heavy (non-hydrogen) atoms. The van der Waals surface area contributed by atoms with E-state index in [1.54, 1.807) is 74.9 Å². The Hall–Kier alpha value is -3.27. The summed E-state index contributed by atoms with van der Waals surface area (Å²) < 4.78 is 10.4. The molecule has 0 saturated carbocycles. The summed E-state index contributed by atoms with van der Waals surface area (Å²) >= 11 is 0. The highest BCUT2D eigenvalue weighted by molar-refractivity contribution is 6.13. The topological polar surface area (TPSA) is 55.8 Å². The highest BCUT2D eigenvalue weighted by atomic mass is 16.5. The summed E-state index contributed by atoms with van der Waals surface area (Å²) in [5.74, 6) is 1.45. The normalized spacial score (nSPS) is 10.3. The number of hydrogen-bond acceptors (Lipinski definition) is 4. The van der Waals surface area contributed by atoms with E-state index in [9.17, 15) is 9.90 Å². The van der Waals surface area contributed by atoms with Crippen molar-refractivity contribution in [2.45, 2.75) is 0 Å². The minimum atomic E-state index is -0.0895. The number of phenols is 1. The van der Waals surface area contributed by atoms with Crippen LogP contribution in [0.3, 0.4) is 0 Å². The molecule has 126 valence electrons. The molecule has 0 unspecified atom stereocenters. The molecule has 3 rings (SSSR count). The number of carbonyl (C=O) groups is 1. The zero-order valence-electron chi connectivity index (χ0n) is 14.0. The summed E-state index contributed by atoms with van der Waals surface area (Å²) in [4.78, 5) is 13.0. The van der Waals surface area contributed by atoms with E-state index in [1.807, 2.05) is 6.07 Å². The molecule has 0 saturated heterocycles. The Balaban J connectivity index is 2.07. The molecule has 0 heterocycles. The Morgan fingerprint density at radius 3 is 2.00 bits per heavy atom. The van der Waals surface area contributed by atoms with E-state index in [2.05, 4.69) is 0 Å². The SMILES string of the molecule is COc1ccc(C(=O)c2ccc(OC)cc2-c2ccc(O)cc2)cc1. The summed E-state index contributed by atoms with van der Waals surface area (Å²) in [6, 6.07) is 19.1. The molecule has 0 bridgehead atoms. The number of rotatable bonds is 5. The summed E-state index contributed by atoms with van der Waals surface area (Å²) in [6.45, 7) is 0. The molecule has 0 aromatic heterocycles. The molecule has 0 aliphatic rings. The Morgan fingerprint density at radius 1 is 0.800 bits per heavy atom. The van der Waals surface area contributed by atoms with Crippen molar-refractivity contribution in [3.8, 4) is 28.4 Å². The van der Waals surface area contributed by atoms with Gasteiger partial charge in [0.15, 0.2) is 5.78 Å². The monoisotopic (exact) mass is 334 g/mol. The van der Waals surface area contributed by atoms with Gasteiger partial charge in [0.25, 0.3) is 0 Å². The number of phenolic OH excluding ortho intramolecular Hbond substituents is 1. The molecule has 0 radical (unpaired) electrons. The van der Waals surface area contributed by atoms with Crippen LogP contribution in [0.2, 0.25) is 0 Å². The van der Waals surface area contributed by atoms with Gasteiger partial charge in [-0.2, -0.15) is 0 Å². The number of ketones is 1. The van der Waals surface area contributed by atoms with Crippen LogP contribution in [0.15, 0.2) is 66.7 Å². The van der Waals surface area contributed by atoms with Gasteiger partial charge in [-0.15, -0.1) is 0 Å². The van der Waals surface area contributed by atoms with Crippen LogP contribution in [0.4, 0.5) is 0 Å². The summed E-state index contributed by atoms with van der Waals surface area (Å²) in [7, 11) is 3.17. The first-order chi connectivity index (χ1) is 12.1. The van der Waals surface area contributed by atoms with Gasteiger partial charge in [0.05, 0.1) is 14.2 Å². The Morgan fingerprint density at radius 2 is 1.40 bits per heavy atom. The van der Waals surface area contributed by atoms with Gasteiger partial charge in [-0.3, -0.25) is 4.79 Å². The van der Waals surface area contributed by atoms with E-state index in [4.69, 9.17) is 9.47 Å². The van der Waals surface area contributed by atoms with Crippen LogP contribution in [0.25, 0.3) is 11.1 Å². The smallest absolute Gasteiger partial charge is 0.193 e. The second kappa shape index (κ2) is 7.09. The first-order valence-corrected chi connectivity index (χ1v) is 7.78. The molecular formula is C21H18O4. The van der Waals surface area contributed by atoms with E-state index in [-0.39, 0.29) is 11.5 Å². The minimum Gasteiger partial charge on any atom is -0.508 e. The Labute approximate surface area is 146 Å². The van der Waals surface area contributed by atoms with Crippen LogP contribution < -0.4 is 9.47 Å². The van der Waals surface area contributed by atoms with Gasteiger partial charge in [-0.1, -0.05) is 12.1 Å². The highest BCUT2D eigenvalue weighted by Gasteiger charge is 2.16. The van der Waals surface area contributed by atoms with Crippen LogP contribution in [0, 0.1) is 0 Å². The van der Waals surface area contributed by atoms with Crippen molar-refractivity contribution in [2.75, 3.05) is 14.2 Å². The lowest BCUT2D eigenvalue weighted by Gasteiger charge is -2.12. The van der Waals surface area contributed by atoms with Crippen LogP contribution >= 0.6 is 0 Å². The van der Waals surface area contributed by atoms with E-state index in [1.165, 1.54) is 0 Å². The fraction of sp³-hybridized carbons (Fsp3) is 0.0952. The van der Waals surface area contributed by atoms with Gasteiger partial charge in [0, 0.05) is 11.1 Å². The predicted octanol–water partition coefficient (Wildman–Crippen LogP) is 4.31. The molecule has 1 N–H and O–H groups in total. The van der Waals surface area contributed by atoms with Gasteiger partial charge in [-0.05, 0) is 65.7 Å². The van der Waals surface area contributed by atoms with Gasteiger partial charge in [0.2, 0.25) is 0 Å². The molecule has 0 spiro atoms. The second-order valence-electron chi connectivity index (χ2n) is 5.52. The van der Waals surface area contributed by atoms with E-state index < -0.39 is 0 Å². The number of aromatic hydroxyl groups is 1. The molecule has 0 amide bonds. The summed E-state index contributed by atoms with van der Waals surface area (Å²) in [6.07, 6.45) is 0. The van der Waals surface area contributed by atoms with Crippen molar-refractivity contribution in [3.63, 3.8) is 0 Å². The van der Waals surface area contributed by atoms with Crippen LogP contribution in [-0.2, 0) is 0 Å². The van der Waals surface area contributed by atoms with Crippen molar-refractivity contribution in [1.82, 2.24) is 0 Å². The third kappa shape index (κ3) is 3.48. The lowest BCUT2D eigenvalue weighted by atomic mass is 9.93. The Bertz CT molecular complexity index is 881. The van der Waals surface area contributed by atoms with E-state index in [0.717, 1.165) is 11.1 Å². The highest BCUT2D eigenvalue weighted by Crippen LogP contribution is 2.31. The molecule has 0 fully saturated rings. The number of benzene rings is 3. The van der Waals surface area contributed by atoms with Gasteiger partial charge in [-0.25, -0.2) is 0 Å². The third-order valence-corrected chi connectivity index (χ3v) is 4.00. The zero-order valence-corrected chi connectivity index (χ0v) is 14.0. The minimum absolute atomic E-state index is 0.0895. The fourth-order valence-corrected chi connectivity index (χ4v) is 2.63. The van der Waals surface area contributed by atoms with Crippen molar-refractivity contribution in [3.05, 3.63) is 77.9 Å².